The molecule has 1 N–H and O–H groups in total. The van der Waals surface area contributed by atoms with Gasteiger partial charge in [0.25, 0.3) is 0 Å². The summed E-state index contributed by atoms with van der Waals surface area (Å²) in [6, 6.07) is 0.379. The monoisotopic (exact) mass is 224 g/mol. The maximum atomic E-state index is 12.4. The van der Waals surface area contributed by atoms with Crippen LogP contribution in [0.5, 0.6) is 0 Å². The second-order valence-electron chi connectivity index (χ2n) is 5.27. The van der Waals surface area contributed by atoms with Gasteiger partial charge in [-0.2, -0.15) is 0 Å². The van der Waals surface area contributed by atoms with Gasteiger partial charge in [-0.05, 0) is 19.8 Å². The highest BCUT2D eigenvalue weighted by molar-refractivity contribution is 5.79. The first kappa shape index (κ1) is 11.9. The molecule has 1 amide bonds. The molecule has 1 aliphatic heterocycles. The number of hydrogen-bond donors (Lipinski definition) is 1. The molecule has 3 heteroatoms. The summed E-state index contributed by atoms with van der Waals surface area (Å²) in [6.45, 7) is 4.97. The third-order valence-electron chi connectivity index (χ3n) is 3.99. The average molecular weight is 224 g/mol. The van der Waals surface area contributed by atoms with E-state index in [2.05, 4.69) is 17.1 Å². The van der Waals surface area contributed by atoms with Crippen molar-refractivity contribution < 1.29 is 4.79 Å². The summed E-state index contributed by atoms with van der Waals surface area (Å²) in [6.07, 6.45) is 7.38. The molecule has 16 heavy (non-hydrogen) atoms. The zero-order valence-electron chi connectivity index (χ0n) is 10.4. The topological polar surface area (TPSA) is 32.3 Å². The molecule has 0 spiro atoms. The summed E-state index contributed by atoms with van der Waals surface area (Å²) in [7, 11) is 0. The van der Waals surface area contributed by atoms with Crippen molar-refractivity contribution in [1.29, 1.82) is 0 Å². The van der Waals surface area contributed by atoms with Crippen LogP contribution in [0.2, 0.25) is 0 Å². The molecule has 1 heterocycles. The summed E-state index contributed by atoms with van der Waals surface area (Å²) >= 11 is 0. The Morgan fingerprint density at radius 3 is 2.50 bits per heavy atom. The molecule has 0 bridgehead atoms. The van der Waals surface area contributed by atoms with E-state index in [1.807, 2.05) is 0 Å². The average Bonchev–Trinajstić information content (AvgIpc) is 2.57. The quantitative estimate of drug-likeness (QED) is 0.689. The van der Waals surface area contributed by atoms with Crippen LogP contribution in [0, 0.1) is 5.92 Å². The second kappa shape index (κ2) is 5.67. The number of nitrogens with one attached hydrogen (secondary N) is 1. The molecule has 1 aliphatic carbocycles. The minimum absolute atomic E-state index is 0.322. The SMILES string of the molecule is C[C@@H]1CNCCN1C(=O)C1CCCCCC1. The van der Waals surface area contributed by atoms with Gasteiger partial charge in [0.15, 0.2) is 0 Å². The minimum Gasteiger partial charge on any atom is -0.337 e. The highest BCUT2D eigenvalue weighted by atomic mass is 16.2. The van der Waals surface area contributed by atoms with Gasteiger partial charge in [-0.25, -0.2) is 0 Å². The Morgan fingerprint density at radius 2 is 1.88 bits per heavy atom. The van der Waals surface area contributed by atoms with Crippen LogP contribution in [0.4, 0.5) is 0 Å². The van der Waals surface area contributed by atoms with Gasteiger partial charge in [0.1, 0.15) is 0 Å². The molecule has 0 aromatic rings. The van der Waals surface area contributed by atoms with E-state index in [0.29, 0.717) is 17.9 Å². The molecule has 0 unspecified atom stereocenters. The zero-order valence-corrected chi connectivity index (χ0v) is 10.4. The fourth-order valence-electron chi connectivity index (χ4n) is 2.93. The lowest BCUT2D eigenvalue weighted by Crippen LogP contribution is -2.53. The van der Waals surface area contributed by atoms with Crippen molar-refractivity contribution in [2.45, 2.75) is 51.5 Å². The van der Waals surface area contributed by atoms with Crippen LogP contribution < -0.4 is 5.32 Å². The molecular formula is C13H24N2O. The van der Waals surface area contributed by atoms with Crippen LogP contribution in [0.25, 0.3) is 0 Å². The van der Waals surface area contributed by atoms with Crippen LogP contribution in [-0.2, 0) is 4.79 Å². The predicted molar refractivity (Wildman–Crippen MR) is 65.2 cm³/mol. The molecule has 3 nitrogen and oxygen atoms in total. The smallest absolute Gasteiger partial charge is 0.226 e. The third kappa shape index (κ3) is 2.76. The summed E-state index contributed by atoms with van der Waals surface area (Å²) in [4.78, 5) is 14.5. The van der Waals surface area contributed by atoms with Gasteiger partial charge >= 0.3 is 0 Å². The van der Waals surface area contributed by atoms with Gasteiger partial charge in [0.05, 0.1) is 0 Å². The molecule has 1 saturated heterocycles. The van der Waals surface area contributed by atoms with E-state index in [4.69, 9.17) is 0 Å². The molecule has 2 fully saturated rings. The second-order valence-corrected chi connectivity index (χ2v) is 5.27. The number of nitrogens with zero attached hydrogens (tertiary/aromatic N) is 1. The van der Waals surface area contributed by atoms with Crippen molar-refractivity contribution in [3.8, 4) is 0 Å². The predicted octanol–water partition coefficient (Wildman–Crippen LogP) is 1.78. The van der Waals surface area contributed by atoms with Gasteiger partial charge in [0, 0.05) is 31.6 Å². The first-order chi connectivity index (χ1) is 7.79. The lowest BCUT2D eigenvalue weighted by atomic mass is 9.97. The van der Waals surface area contributed by atoms with E-state index in [9.17, 15) is 4.79 Å². The first-order valence-corrected chi connectivity index (χ1v) is 6.80. The Bertz CT molecular complexity index is 234. The highest BCUT2D eigenvalue weighted by Crippen LogP contribution is 2.25. The maximum absolute atomic E-state index is 12.4. The Morgan fingerprint density at radius 1 is 1.19 bits per heavy atom. The molecule has 1 atom stereocenters. The van der Waals surface area contributed by atoms with Crippen molar-refractivity contribution >= 4 is 5.91 Å². The Kier molecular flexibility index (Phi) is 4.22. The van der Waals surface area contributed by atoms with E-state index < -0.39 is 0 Å². The number of carbonyl (C=O) groups is 1. The molecule has 0 aromatic heterocycles. The van der Waals surface area contributed by atoms with Crippen molar-refractivity contribution in [3.05, 3.63) is 0 Å². The van der Waals surface area contributed by atoms with Gasteiger partial charge in [-0.1, -0.05) is 25.7 Å². The zero-order chi connectivity index (χ0) is 11.4. The van der Waals surface area contributed by atoms with Gasteiger partial charge in [-0.3, -0.25) is 4.79 Å². The van der Waals surface area contributed by atoms with Crippen LogP contribution in [-0.4, -0.2) is 36.5 Å². The van der Waals surface area contributed by atoms with E-state index in [1.54, 1.807) is 0 Å². The lowest BCUT2D eigenvalue weighted by molar-refractivity contribution is -0.138. The van der Waals surface area contributed by atoms with Crippen molar-refractivity contribution in [3.63, 3.8) is 0 Å². The fraction of sp³-hybridized carbons (Fsp3) is 0.923. The number of hydrogen-bond acceptors (Lipinski definition) is 2. The largest absolute Gasteiger partial charge is 0.337 e. The van der Waals surface area contributed by atoms with E-state index >= 15 is 0 Å². The molecule has 0 aromatic carbocycles. The Hall–Kier alpha value is -0.570. The van der Waals surface area contributed by atoms with Crippen LogP contribution in [0.15, 0.2) is 0 Å². The van der Waals surface area contributed by atoms with E-state index in [0.717, 1.165) is 32.5 Å². The normalized spacial score (nSPS) is 28.8. The number of carbonyl (C=O) groups excluding carboxylic acids is 1. The van der Waals surface area contributed by atoms with Gasteiger partial charge < -0.3 is 10.2 Å². The van der Waals surface area contributed by atoms with Crippen LogP contribution in [0.3, 0.4) is 0 Å². The standard InChI is InChI=1S/C13H24N2O/c1-11-10-14-8-9-15(11)13(16)12-6-4-2-3-5-7-12/h11-12,14H,2-10H2,1H3/t11-/m1/s1. The summed E-state index contributed by atoms with van der Waals surface area (Å²) in [5, 5.41) is 3.34. The Balaban J connectivity index is 1.93. The molecule has 92 valence electrons. The van der Waals surface area contributed by atoms with Crippen molar-refractivity contribution in [2.75, 3.05) is 19.6 Å². The van der Waals surface area contributed by atoms with Crippen LogP contribution in [0.1, 0.15) is 45.4 Å². The molecule has 2 rings (SSSR count). The maximum Gasteiger partial charge on any atom is 0.226 e. The van der Waals surface area contributed by atoms with Crippen molar-refractivity contribution in [2.24, 2.45) is 5.92 Å². The van der Waals surface area contributed by atoms with E-state index in [-0.39, 0.29) is 0 Å². The number of rotatable bonds is 1. The summed E-state index contributed by atoms with van der Waals surface area (Å²) < 4.78 is 0. The Labute approximate surface area is 98.6 Å². The minimum atomic E-state index is 0.322. The van der Waals surface area contributed by atoms with Crippen molar-refractivity contribution in [1.82, 2.24) is 10.2 Å². The third-order valence-corrected chi connectivity index (χ3v) is 3.99. The molecule has 2 aliphatic rings. The lowest BCUT2D eigenvalue weighted by Gasteiger charge is -2.36. The molecular weight excluding hydrogens is 200 g/mol. The highest BCUT2D eigenvalue weighted by Gasteiger charge is 2.29. The molecule has 1 saturated carbocycles. The summed E-state index contributed by atoms with van der Waals surface area (Å²) in [5.74, 6) is 0.749. The first-order valence-electron chi connectivity index (χ1n) is 6.80. The van der Waals surface area contributed by atoms with Gasteiger partial charge in [-0.15, -0.1) is 0 Å². The van der Waals surface area contributed by atoms with Crippen LogP contribution >= 0.6 is 0 Å². The number of piperazine rings is 1. The fourth-order valence-corrected chi connectivity index (χ4v) is 2.93. The molecule has 0 radical (unpaired) electrons. The van der Waals surface area contributed by atoms with E-state index in [1.165, 1.54) is 25.7 Å². The van der Waals surface area contributed by atoms with Gasteiger partial charge in [0.2, 0.25) is 5.91 Å². The summed E-state index contributed by atoms with van der Waals surface area (Å²) in [5.41, 5.74) is 0. The number of amides is 1.